The monoisotopic (exact) mass is 285 g/mol. The highest BCUT2D eigenvalue weighted by atomic mass is 16.5. The van der Waals surface area contributed by atoms with Gasteiger partial charge in [0.15, 0.2) is 0 Å². The molecule has 0 bridgehead atoms. The molecule has 1 aromatic carbocycles. The summed E-state index contributed by atoms with van der Waals surface area (Å²) < 4.78 is 8.19. The second-order valence-electron chi connectivity index (χ2n) is 5.66. The first-order valence-electron chi connectivity index (χ1n) is 7.74. The normalized spacial score (nSPS) is 15.9. The Bertz CT molecular complexity index is 589. The number of nitrogens with zero attached hydrogens (tertiary/aromatic N) is 2. The molecule has 1 heterocycles. The summed E-state index contributed by atoms with van der Waals surface area (Å²) in [5, 5.41) is 3.42. The second kappa shape index (κ2) is 6.31. The van der Waals surface area contributed by atoms with Crippen molar-refractivity contribution in [2.45, 2.75) is 45.4 Å². The number of rotatable bonds is 7. The van der Waals surface area contributed by atoms with E-state index < -0.39 is 0 Å². The molecule has 0 aliphatic heterocycles. The van der Waals surface area contributed by atoms with Gasteiger partial charge in [-0.25, -0.2) is 4.98 Å². The van der Waals surface area contributed by atoms with Crippen LogP contribution in [-0.4, -0.2) is 16.1 Å². The van der Waals surface area contributed by atoms with Crippen LogP contribution in [0, 0.1) is 0 Å². The zero-order valence-electron chi connectivity index (χ0n) is 12.7. The van der Waals surface area contributed by atoms with Crippen molar-refractivity contribution in [3.8, 4) is 5.75 Å². The van der Waals surface area contributed by atoms with E-state index in [0.29, 0.717) is 18.7 Å². The van der Waals surface area contributed by atoms with E-state index in [-0.39, 0.29) is 0 Å². The fraction of sp³-hybridized carbons (Fsp3) is 0.471. The third kappa shape index (κ3) is 3.45. The van der Waals surface area contributed by atoms with Crippen LogP contribution < -0.4 is 10.1 Å². The van der Waals surface area contributed by atoms with Crippen molar-refractivity contribution in [1.29, 1.82) is 0 Å². The van der Waals surface area contributed by atoms with Crippen molar-refractivity contribution in [3.05, 3.63) is 48.0 Å². The molecule has 4 heteroatoms. The van der Waals surface area contributed by atoms with Crippen LogP contribution in [0.1, 0.15) is 50.0 Å². The van der Waals surface area contributed by atoms with Gasteiger partial charge in [0, 0.05) is 12.1 Å². The lowest BCUT2D eigenvalue weighted by Crippen LogP contribution is -2.17. The number of hydrogen-bond acceptors (Lipinski definition) is 3. The Balaban J connectivity index is 1.64. The van der Waals surface area contributed by atoms with Crippen molar-refractivity contribution >= 4 is 0 Å². The standard InChI is InChI=1S/C17H23N3O/c1-3-19-13(2)14-5-4-6-17(9-14)21-11-16-10-18-12-20(16)15-7-8-15/h4-6,9-10,12-13,15,19H,3,7-8,11H2,1-2H3. The van der Waals surface area contributed by atoms with Crippen molar-refractivity contribution in [1.82, 2.24) is 14.9 Å². The molecule has 1 aliphatic rings. The van der Waals surface area contributed by atoms with Crippen LogP contribution >= 0.6 is 0 Å². The molecule has 1 fully saturated rings. The fourth-order valence-electron chi connectivity index (χ4n) is 2.58. The number of nitrogens with one attached hydrogen (secondary N) is 1. The van der Waals surface area contributed by atoms with E-state index in [1.54, 1.807) is 0 Å². The van der Waals surface area contributed by atoms with Gasteiger partial charge in [-0.15, -0.1) is 0 Å². The number of aromatic nitrogens is 2. The quantitative estimate of drug-likeness (QED) is 0.846. The van der Waals surface area contributed by atoms with Gasteiger partial charge in [-0.1, -0.05) is 19.1 Å². The number of hydrogen-bond donors (Lipinski definition) is 1. The number of ether oxygens (including phenoxy) is 1. The van der Waals surface area contributed by atoms with Crippen LogP contribution in [0.2, 0.25) is 0 Å². The predicted octanol–water partition coefficient (Wildman–Crippen LogP) is 3.47. The molecule has 1 aliphatic carbocycles. The van der Waals surface area contributed by atoms with Crippen molar-refractivity contribution in [3.63, 3.8) is 0 Å². The SMILES string of the molecule is CCNC(C)c1cccc(OCc2cncn2C2CC2)c1. The maximum Gasteiger partial charge on any atom is 0.130 e. The molecule has 1 unspecified atom stereocenters. The smallest absolute Gasteiger partial charge is 0.130 e. The summed E-state index contributed by atoms with van der Waals surface area (Å²) in [6.45, 7) is 5.84. The third-order valence-corrected chi connectivity index (χ3v) is 3.94. The van der Waals surface area contributed by atoms with Gasteiger partial charge in [-0.05, 0) is 44.0 Å². The van der Waals surface area contributed by atoms with E-state index in [1.165, 1.54) is 18.4 Å². The van der Waals surface area contributed by atoms with Crippen LogP contribution in [-0.2, 0) is 6.61 Å². The summed E-state index contributed by atoms with van der Waals surface area (Å²) in [5.74, 6) is 0.917. The highest BCUT2D eigenvalue weighted by Crippen LogP contribution is 2.35. The Morgan fingerprint density at radius 2 is 2.29 bits per heavy atom. The zero-order valence-corrected chi connectivity index (χ0v) is 12.7. The molecule has 1 aromatic heterocycles. The average molecular weight is 285 g/mol. The molecule has 112 valence electrons. The Hall–Kier alpha value is -1.81. The molecule has 1 N–H and O–H groups in total. The van der Waals surface area contributed by atoms with Gasteiger partial charge in [0.25, 0.3) is 0 Å². The Morgan fingerprint density at radius 3 is 3.05 bits per heavy atom. The molecular formula is C17H23N3O. The van der Waals surface area contributed by atoms with E-state index in [1.807, 2.05) is 18.6 Å². The molecule has 0 radical (unpaired) electrons. The van der Waals surface area contributed by atoms with Crippen molar-refractivity contribution in [2.75, 3.05) is 6.54 Å². The van der Waals surface area contributed by atoms with Gasteiger partial charge in [-0.2, -0.15) is 0 Å². The zero-order chi connectivity index (χ0) is 14.7. The maximum absolute atomic E-state index is 5.95. The topological polar surface area (TPSA) is 39.1 Å². The van der Waals surface area contributed by atoms with E-state index in [9.17, 15) is 0 Å². The molecular weight excluding hydrogens is 262 g/mol. The van der Waals surface area contributed by atoms with Gasteiger partial charge >= 0.3 is 0 Å². The van der Waals surface area contributed by atoms with Crippen molar-refractivity contribution in [2.24, 2.45) is 0 Å². The highest BCUT2D eigenvalue weighted by molar-refractivity contribution is 5.30. The third-order valence-electron chi connectivity index (χ3n) is 3.94. The summed E-state index contributed by atoms with van der Waals surface area (Å²) in [6, 6.07) is 9.30. The van der Waals surface area contributed by atoms with Gasteiger partial charge in [-0.3, -0.25) is 0 Å². The maximum atomic E-state index is 5.95. The van der Waals surface area contributed by atoms with Gasteiger partial charge in [0.05, 0.1) is 18.2 Å². The largest absolute Gasteiger partial charge is 0.487 e. The molecule has 2 aromatic rings. The number of benzene rings is 1. The van der Waals surface area contributed by atoms with Crippen LogP contribution in [0.4, 0.5) is 0 Å². The minimum absolute atomic E-state index is 0.343. The lowest BCUT2D eigenvalue weighted by molar-refractivity contribution is 0.294. The molecule has 1 saturated carbocycles. The average Bonchev–Trinajstić information content (AvgIpc) is 3.24. The minimum atomic E-state index is 0.343. The Morgan fingerprint density at radius 1 is 1.43 bits per heavy atom. The Labute approximate surface area is 126 Å². The fourth-order valence-corrected chi connectivity index (χ4v) is 2.58. The second-order valence-corrected chi connectivity index (χ2v) is 5.66. The lowest BCUT2D eigenvalue weighted by atomic mass is 10.1. The summed E-state index contributed by atoms with van der Waals surface area (Å²) in [7, 11) is 0. The van der Waals surface area contributed by atoms with Gasteiger partial charge in [0.1, 0.15) is 12.4 Å². The minimum Gasteiger partial charge on any atom is -0.487 e. The van der Waals surface area contributed by atoms with Gasteiger partial charge in [0.2, 0.25) is 0 Å². The molecule has 0 saturated heterocycles. The van der Waals surface area contributed by atoms with E-state index in [0.717, 1.165) is 18.0 Å². The molecule has 0 amide bonds. The van der Waals surface area contributed by atoms with Gasteiger partial charge < -0.3 is 14.6 Å². The first kappa shape index (κ1) is 14.1. The molecule has 4 nitrogen and oxygen atoms in total. The molecule has 3 rings (SSSR count). The number of imidazole rings is 1. The summed E-state index contributed by atoms with van der Waals surface area (Å²) in [6.07, 6.45) is 6.35. The lowest BCUT2D eigenvalue weighted by Gasteiger charge is -2.14. The van der Waals surface area contributed by atoms with Crippen LogP contribution in [0.5, 0.6) is 5.75 Å². The first-order chi connectivity index (χ1) is 10.3. The predicted molar refractivity (Wildman–Crippen MR) is 83.4 cm³/mol. The molecule has 1 atom stereocenters. The van der Waals surface area contributed by atoms with Crippen LogP contribution in [0.3, 0.4) is 0 Å². The summed E-state index contributed by atoms with van der Waals surface area (Å²) >= 11 is 0. The van der Waals surface area contributed by atoms with E-state index in [4.69, 9.17) is 4.74 Å². The molecule has 0 spiro atoms. The summed E-state index contributed by atoms with van der Waals surface area (Å²) in [5.41, 5.74) is 2.41. The van der Waals surface area contributed by atoms with E-state index in [2.05, 4.69) is 46.9 Å². The van der Waals surface area contributed by atoms with E-state index >= 15 is 0 Å². The van der Waals surface area contributed by atoms with Crippen LogP contribution in [0.15, 0.2) is 36.8 Å². The summed E-state index contributed by atoms with van der Waals surface area (Å²) in [4.78, 5) is 4.24. The molecule has 21 heavy (non-hydrogen) atoms. The van der Waals surface area contributed by atoms with Crippen molar-refractivity contribution < 1.29 is 4.74 Å². The first-order valence-corrected chi connectivity index (χ1v) is 7.74. The van der Waals surface area contributed by atoms with Crippen LogP contribution in [0.25, 0.3) is 0 Å². The Kier molecular flexibility index (Phi) is 4.25. The highest BCUT2D eigenvalue weighted by Gasteiger charge is 2.25.